The van der Waals surface area contributed by atoms with Crippen LogP contribution >= 0.6 is 11.3 Å². The van der Waals surface area contributed by atoms with Gasteiger partial charge in [0.15, 0.2) is 5.65 Å². The van der Waals surface area contributed by atoms with Gasteiger partial charge in [0.1, 0.15) is 5.69 Å². The molecule has 0 aliphatic heterocycles. The highest BCUT2D eigenvalue weighted by molar-refractivity contribution is 7.16. The lowest BCUT2D eigenvalue weighted by Crippen LogP contribution is -2.24. The predicted molar refractivity (Wildman–Crippen MR) is 138 cm³/mol. The molecule has 4 heterocycles. The van der Waals surface area contributed by atoms with Gasteiger partial charge in [-0.25, -0.2) is 0 Å². The topological polar surface area (TPSA) is 59.2 Å². The van der Waals surface area contributed by atoms with E-state index in [-0.39, 0.29) is 5.41 Å². The zero-order chi connectivity index (χ0) is 23.4. The molecular weight excluding hydrogens is 428 g/mol. The molecule has 4 aromatic rings. The van der Waals surface area contributed by atoms with Crippen molar-refractivity contribution in [2.75, 3.05) is 18.0 Å². The number of pyridine rings is 1. The second kappa shape index (κ2) is 10.00. The first kappa shape index (κ1) is 23.4. The first-order valence-electron chi connectivity index (χ1n) is 12.0. The van der Waals surface area contributed by atoms with Crippen molar-refractivity contribution in [1.82, 2.24) is 24.8 Å². The SMILES string of the molecule is CCCCN(CCCC)c1ccc(/C=c2/c(C(C)(C)C)nn3c(-c4ccccn4)nnc23)s1. The maximum atomic E-state index is 4.95. The molecule has 0 radical (unpaired) electrons. The summed E-state index contributed by atoms with van der Waals surface area (Å²) in [6.07, 6.45) is 8.87. The molecule has 0 amide bonds. The van der Waals surface area contributed by atoms with Crippen molar-refractivity contribution in [2.45, 2.75) is 65.7 Å². The van der Waals surface area contributed by atoms with E-state index in [4.69, 9.17) is 5.10 Å². The van der Waals surface area contributed by atoms with Crippen molar-refractivity contribution in [1.29, 1.82) is 0 Å². The second-order valence-electron chi connectivity index (χ2n) is 9.50. The fraction of sp³-hybridized carbons (Fsp3) is 0.462. The third kappa shape index (κ3) is 5.08. The molecule has 33 heavy (non-hydrogen) atoms. The summed E-state index contributed by atoms with van der Waals surface area (Å²) in [5.74, 6) is 0.674. The van der Waals surface area contributed by atoms with Gasteiger partial charge < -0.3 is 4.90 Å². The van der Waals surface area contributed by atoms with Crippen LogP contribution in [0.1, 0.15) is 70.9 Å². The summed E-state index contributed by atoms with van der Waals surface area (Å²) in [6.45, 7) is 13.3. The van der Waals surface area contributed by atoms with Gasteiger partial charge in [0, 0.05) is 34.8 Å². The highest BCUT2D eigenvalue weighted by atomic mass is 32.1. The zero-order valence-corrected chi connectivity index (χ0v) is 21.2. The molecule has 4 rings (SSSR count). The van der Waals surface area contributed by atoms with Gasteiger partial charge in [-0.2, -0.15) is 9.61 Å². The monoisotopic (exact) mass is 462 g/mol. The highest BCUT2D eigenvalue weighted by Crippen LogP contribution is 2.28. The number of hydrogen-bond donors (Lipinski definition) is 0. The van der Waals surface area contributed by atoms with Crippen LogP contribution in [0.2, 0.25) is 0 Å². The lowest BCUT2D eigenvalue weighted by atomic mass is 9.91. The van der Waals surface area contributed by atoms with Crippen molar-refractivity contribution in [3.05, 3.63) is 52.3 Å². The Morgan fingerprint density at radius 2 is 1.76 bits per heavy atom. The number of hydrogen-bond acceptors (Lipinski definition) is 6. The molecule has 0 unspecified atom stereocenters. The first-order chi connectivity index (χ1) is 15.9. The summed E-state index contributed by atoms with van der Waals surface area (Å²) in [6, 6.07) is 10.3. The van der Waals surface area contributed by atoms with Crippen LogP contribution < -0.4 is 10.1 Å². The summed E-state index contributed by atoms with van der Waals surface area (Å²) < 4.78 is 1.85. The van der Waals surface area contributed by atoms with Crippen LogP contribution in [0.3, 0.4) is 0 Å². The van der Waals surface area contributed by atoms with Crippen LogP contribution in [-0.2, 0) is 5.41 Å². The fourth-order valence-corrected chi connectivity index (χ4v) is 4.91. The maximum Gasteiger partial charge on any atom is 0.203 e. The zero-order valence-electron chi connectivity index (χ0n) is 20.4. The van der Waals surface area contributed by atoms with Crippen LogP contribution in [-0.4, -0.2) is 37.9 Å². The van der Waals surface area contributed by atoms with Crippen LogP contribution in [0.4, 0.5) is 5.00 Å². The summed E-state index contributed by atoms with van der Waals surface area (Å²) in [5, 5.41) is 16.3. The Morgan fingerprint density at radius 1 is 1.00 bits per heavy atom. The molecule has 0 aliphatic carbocycles. The lowest BCUT2D eigenvalue weighted by Gasteiger charge is -2.22. The Hall–Kier alpha value is -2.80. The first-order valence-corrected chi connectivity index (χ1v) is 12.8. The number of unbranched alkanes of at least 4 members (excludes halogenated alkanes) is 2. The van der Waals surface area contributed by atoms with Crippen LogP contribution in [0, 0.1) is 0 Å². The smallest absolute Gasteiger partial charge is 0.203 e. The number of thiophene rings is 1. The van der Waals surface area contributed by atoms with E-state index in [9.17, 15) is 0 Å². The van der Waals surface area contributed by atoms with Crippen molar-refractivity contribution in [2.24, 2.45) is 0 Å². The van der Waals surface area contributed by atoms with E-state index < -0.39 is 0 Å². The number of rotatable bonds is 9. The third-order valence-electron chi connectivity index (χ3n) is 5.72. The summed E-state index contributed by atoms with van der Waals surface area (Å²) in [4.78, 5) is 8.20. The van der Waals surface area contributed by atoms with E-state index in [0.29, 0.717) is 5.82 Å². The van der Waals surface area contributed by atoms with E-state index in [1.807, 2.05) is 34.1 Å². The van der Waals surface area contributed by atoms with E-state index in [0.717, 1.165) is 35.3 Å². The minimum atomic E-state index is -0.123. The molecule has 0 N–H and O–H groups in total. The minimum absolute atomic E-state index is 0.123. The number of aromatic nitrogens is 5. The summed E-state index contributed by atoms with van der Waals surface area (Å²) in [5.41, 5.74) is 2.45. The quantitative estimate of drug-likeness (QED) is 0.329. The number of anilines is 1. The second-order valence-corrected chi connectivity index (χ2v) is 10.6. The minimum Gasteiger partial charge on any atom is -0.363 e. The number of fused-ring (bicyclic) bond motifs is 1. The van der Waals surface area contributed by atoms with Gasteiger partial charge in [-0.15, -0.1) is 21.5 Å². The molecule has 0 atom stereocenters. The molecule has 0 bridgehead atoms. The lowest BCUT2D eigenvalue weighted by molar-refractivity contribution is 0.559. The summed E-state index contributed by atoms with van der Waals surface area (Å²) in [7, 11) is 0. The standard InChI is InChI=1S/C26H34N6S/c1-6-8-16-31(17-9-7-2)22-14-13-19(33-22)18-20-23(26(3,4)5)30-32-24(20)28-29-25(32)21-12-10-11-15-27-21/h10-15,18H,6-9,16-17H2,1-5H3/b20-18-. The molecule has 6 nitrogen and oxygen atoms in total. The molecule has 0 aromatic carbocycles. The van der Waals surface area contributed by atoms with Crippen molar-refractivity contribution in [3.63, 3.8) is 0 Å². The molecule has 7 heteroatoms. The van der Waals surface area contributed by atoms with Crippen LogP contribution in [0.25, 0.3) is 23.2 Å². The molecule has 0 aliphatic rings. The Labute approximate surface area is 200 Å². The van der Waals surface area contributed by atoms with Gasteiger partial charge in [0.05, 0.1) is 10.7 Å². The Kier molecular flexibility index (Phi) is 7.08. The fourth-order valence-electron chi connectivity index (χ4n) is 3.91. The van der Waals surface area contributed by atoms with E-state index in [2.05, 4.69) is 72.9 Å². The van der Waals surface area contributed by atoms with Crippen LogP contribution in [0.15, 0.2) is 36.5 Å². The van der Waals surface area contributed by atoms with Gasteiger partial charge in [0.25, 0.3) is 0 Å². The Balaban J connectivity index is 1.78. The van der Waals surface area contributed by atoms with Gasteiger partial charge in [-0.3, -0.25) is 4.98 Å². The summed E-state index contributed by atoms with van der Waals surface area (Å²) >= 11 is 1.84. The molecular formula is C26H34N6S. The van der Waals surface area contributed by atoms with E-state index >= 15 is 0 Å². The largest absolute Gasteiger partial charge is 0.363 e. The molecule has 0 spiro atoms. The molecule has 4 aromatic heterocycles. The average molecular weight is 463 g/mol. The highest BCUT2D eigenvalue weighted by Gasteiger charge is 2.24. The molecule has 0 fully saturated rings. The Morgan fingerprint density at radius 3 is 2.39 bits per heavy atom. The van der Waals surface area contributed by atoms with Crippen molar-refractivity contribution >= 4 is 28.1 Å². The van der Waals surface area contributed by atoms with Gasteiger partial charge in [-0.05, 0) is 43.2 Å². The van der Waals surface area contributed by atoms with E-state index in [1.165, 1.54) is 35.6 Å². The average Bonchev–Trinajstić information content (AvgIpc) is 3.51. The molecule has 0 saturated heterocycles. The third-order valence-corrected chi connectivity index (χ3v) is 6.81. The van der Waals surface area contributed by atoms with Gasteiger partial charge >= 0.3 is 0 Å². The van der Waals surface area contributed by atoms with Crippen molar-refractivity contribution < 1.29 is 0 Å². The van der Waals surface area contributed by atoms with Crippen molar-refractivity contribution in [3.8, 4) is 11.5 Å². The van der Waals surface area contributed by atoms with Crippen LogP contribution in [0.5, 0.6) is 0 Å². The van der Waals surface area contributed by atoms with Gasteiger partial charge in [-0.1, -0.05) is 53.5 Å². The Bertz CT molecular complexity index is 1230. The van der Waals surface area contributed by atoms with E-state index in [1.54, 1.807) is 6.20 Å². The normalized spacial score (nSPS) is 12.7. The predicted octanol–water partition coefficient (Wildman–Crippen LogP) is 5.50. The maximum absolute atomic E-state index is 4.95. The molecule has 174 valence electrons. The number of nitrogens with zero attached hydrogens (tertiary/aromatic N) is 6. The molecule has 0 saturated carbocycles. The van der Waals surface area contributed by atoms with Gasteiger partial charge in [0.2, 0.25) is 5.82 Å².